The van der Waals surface area contributed by atoms with E-state index in [0.29, 0.717) is 40.3 Å². The number of halogens is 2. The fourth-order valence-corrected chi connectivity index (χ4v) is 3.40. The molecule has 1 amide bonds. The largest absolute Gasteiger partial charge is 0.495 e. The van der Waals surface area contributed by atoms with Gasteiger partial charge < -0.3 is 25.3 Å². The van der Waals surface area contributed by atoms with Gasteiger partial charge in [0.25, 0.3) is 0 Å². The lowest BCUT2D eigenvalue weighted by atomic mass is 10.2. The minimum Gasteiger partial charge on any atom is -0.495 e. The van der Waals surface area contributed by atoms with Crippen molar-refractivity contribution in [3.05, 3.63) is 46.1 Å². The molecule has 3 rings (SSSR count). The minimum atomic E-state index is -0.0129. The first-order valence-corrected chi connectivity index (χ1v) is 9.53. The Bertz CT molecular complexity index is 869. The molecule has 0 radical (unpaired) electrons. The van der Waals surface area contributed by atoms with Gasteiger partial charge in [0.15, 0.2) is 0 Å². The fraction of sp³-hybridized carbons (Fsp3) is 0.316. The highest BCUT2D eigenvalue weighted by Gasteiger charge is 2.22. The molecule has 1 aliphatic heterocycles. The Morgan fingerprint density at radius 1 is 1.29 bits per heavy atom. The number of nitrogens with one attached hydrogen (secondary N) is 2. The first kappa shape index (κ1) is 20.2. The Hall–Kier alpha value is -2.51. The van der Waals surface area contributed by atoms with Crippen molar-refractivity contribution in [1.82, 2.24) is 9.88 Å². The van der Waals surface area contributed by atoms with Crippen molar-refractivity contribution in [3.8, 4) is 5.75 Å². The van der Waals surface area contributed by atoms with Crippen molar-refractivity contribution in [1.29, 1.82) is 5.41 Å². The Morgan fingerprint density at radius 3 is 2.71 bits per heavy atom. The zero-order chi connectivity index (χ0) is 20.1. The summed E-state index contributed by atoms with van der Waals surface area (Å²) in [6.45, 7) is 2.81. The van der Waals surface area contributed by atoms with Crippen LogP contribution in [0.2, 0.25) is 10.0 Å². The summed E-state index contributed by atoms with van der Waals surface area (Å²) in [5, 5.41) is 11.4. The lowest BCUT2D eigenvalue weighted by Gasteiger charge is -2.36. The predicted molar refractivity (Wildman–Crippen MR) is 112 cm³/mol. The summed E-state index contributed by atoms with van der Waals surface area (Å²) in [4.78, 5) is 20.7. The van der Waals surface area contributed by atoms with E-state index in [-0.39, 0.29) is 12.5 Å². The van der Waals surface area contributed by atoms with Gasteiger partial charge in [0.1, 0.15) is 11.6 Å². The van der Waals surface area contributed by atoms with Gasteiger partial charge in [-0.3, -0.25) is 4.79 Å². The second kappa shape index (κ2) is 9.12. The number of rotatable bonds is 6. The highest BCUT2D eigenvalue weighted by atomic mass is 35.5. The van der Waals surface area contributed by atoms with E-state index in [4.69, 9.17) is 33.3 Å². The number of ether oxygens (including phenoxy) is 1. The highest BCUT2D eigenvalue weighted by molar-refractivity contribution is 6.32. The maximum absolute atomic E-state index is 12.5. The molecule has 148 valence electrons. The number of pyridine rings is 1. The number of carbonyl (C=O) groups is 1. The van der Waals surface area contributed by atoms with Gasteiger partial charge in [-0.2, -0.15) is 0 Å². The summed E-state index contributed by atoms with van der Waals surface area (Å²) < 4.78 is 5.27. The smallest absolute Gasteiger partial charge is 0.242 e. The molecule has 2 N–H and O–H groups in total. The maximum atomic E-state index is 12.5. The lowest BCUT2D eigenvalue weighted by molar-refractivity contribution is -0.129. The van der Waals surface area contributed by atoms with Crippen molar-refractivity contribution in [2.24, 2.45) is 0 Å². The number of carbonyl (C=O) groups excluding carboxylic acids is 1. The predicted octanol–water partition coefficient (Wildman–Crippen LogP) is 3.16. The van der Waals surface area contributed by atoms with Crippen LogP contribution >= 0.6 is 23.2 Å². The monoisotopic (exact) mass is 421 g/mol. The minimum absolute atomic E-state index is 0.0129. The number of methoxy groups -OCH3 is 1. The average molecular weight is 422 g/mol. The van der Waals surface area contributed by atoms with E-state index in [1.54, 1.807) is 13.2 Å². The van der Waals surface area contributed by atoms with Crippen LogP contribution in [0.25, 0.3) is 0 Å². The molecule has 1 saturated heterocycles. The summed E-state index contributed by atoms with van der Waals surface area (Å²) in [6, 6.07) is 7.31. The van der Waals surface area contributed by atoms with E-state index in [9.17, 15) is 4.79 Å². The molecule has 0 bridgehead atoms. The summed E-state index contributed by atoms with van der Waals surface area (Å²) in [5.74, 6) is 1.10. The van der Waals surface area contributed by atoms with Gasteiger partial charge >= 0.3 is 0 Å². The van der Waals surface area contributed by atoms with Gasteiger partial charge in [0.05, 0.1) is 23.7 Å². The highest BCUT2D eigenvalue weighted by Crippen LogP contribution is 2.29. The van der Waals surface area contributed by atoms with Gasteiger partial charge in [-0.25, -0.2) is 4.98 Å². The molecule has 0 unspecified atom stereocenters. The number of piperazine rings is 1. The van der Waals surface area contributed by atoms with Crippen molar-refractivity contribution < 1.29 is 9.53 Å². The molecule has 1 aromatic carbocycles. The molecular formula is C19H21Cl2N5O2. The summed E-state index contributed by atoms with van der Waals surface area (Å²) in [5.41, 5.74) is 1.56. The Labute approximate surface area is 173 Å². The quantitative estimate of drug-likeness (QED) is 0.699. The maximum Gasteiger partial charge on any atom is 0.242 e. The van der Waals surface area contributed by atoms with Crippen molar-refractivity contribution in [3.63, 3.8) is 0 Å². The third-order valence-corrected chi connectivity index (χ3v) is 5.10. The third-order valence-electron chi connectivity index (χ3n) is 4.58. The van der Waals surface area contributed by atoms with E-state index in [1.807, 2.05) is 23.1 Å². The van der Waals surface area contributed by atoms with Crippen LogP contribution in [-0.2, 0) is 4.79 Å². The summed E-state index contributed by atoms with van der Waals surface area (Å²) in [7, 11) is 1.59. The number of benzene rings is 1. The first-order chi connectivity index (χ1) is 13.5. The molecule has 1 fully saturated rings. The van der Waals surface area contributed by atoms with Crippen molar-refractivity contribution in [2.45, 2.75) is 0 Å². The van der Waals surface area contributed by atoms with E-state index in [1.165, 1.54) is 6.20 Å². The SMILES string of the molecule is COc1cc(N2CCN(C(=O)CNc3ncc(Cl)cc3C=N)CC2)ccc1Cl. The summed E-state index contributed by atoms with van der Waals surface area (Å²) >= 11 is 12.0. The van der Waals surface area contributed by atoms with Crippen molar-refractivity contribution >= 4 is 46.8 Å². The number of hydrogen-bond donors (Lipinski definition) is 2. The van der Waals surface area contributed by atoms with Crippen LogP contribution in [0.3, 0.4) is 0 Å². The Balaban J connectivity index is 1.55. The van der Waals surface area contributed by atoms with Crippen molar-refractivity contribution in [2.75, 3.05) is 50.1 Å². The van der Waals surface area contributed by atoms with E-state index >= 15 is 0 Å². The number of anilines is 2. The molecule has 0 aliphatic carbocycles. The molecule has 1 aliphatic rings. The molecule has 1 aromatic heterocycles. The van der Waals surface area contributed by atoms with Crippen LogP contribution in [-0.4, -0.2) is 61.8 Å². The average Bonchev–Trinajstić information content (AvgIpc) is 2.73. The molecule has 28 heavy (non-hydrogen) atoms. The van der Waals surface area contributed by atoms with Crippen LogP contribution in [0.4, 0.5) is 11.5 Å². The second-order valence-electron chi connectivity index (χ2n) is 6.28. The van der Waals surface area contributed by atoms with Gasteiger partial charge in [0, 0.05) is 55.9 Å². The fourth-order valence-electron chi connectivity index (χ4n) is 3.04. The van der Waals surface area contributed by atoms with Gasteiger partial charge in [0.2, 0.25) is 5.91 Å². The molecule has 2 aromatic rings. The van der Waals surface area contributed by atoms with Crippen LogP contribution < -0.4 is 15.0 Å². The molecule has 0 saturated carbocycles. The Kier molecular flexibility index (Phi) is 6.59. The van der Waals surface area contributed by atoms with Crippen LogP contribution in [0, 0.1) is 5.41 Å². The van der Waals surface area contributed by atoms with Crippen LogP contribution in [0.1, 0.15) is 5.56 Å². The van der Waals surface area contributed by atoms with Gasteiger partial charge in [-0.15, -0.1) is 0 Å². The molecule has 9 heteroatoms. The molecule has 2 heterocycles. The van der Waals surface area contributed by atoms with E-state index < -0.39 is 0 Å². The normalized spacial score (nSPS) is 14.0. The van der Waals surface area contributed by atoms with Gasteiger partial charge in [-0.1, -0.05) is 23.2 Å². The van der Waals surface area contributed by atoms with Crippen LogP contribution in [0.5, 0.6) is 5.75 Å². The topological polar surface area (TPSA) is 81.6 Å². The number of hydrogen-bond acceptors (Lipinski definition) is 6. The molecular weight excluding hydrogens is 401 g/mol. The Morgan fingerprint density at radius 2 is 2.04 bits per heavy atom. The standard InChI is InChI=1S/C19H21Cl2N5O2/c1-28-17-9-15(2-3-16(17)21)25-4-6-26(7-5-25)18(27)12-24-19-13(10-22)8-14(20)11-23-19/h2-3,8-11,22H,4-7,12H2,1H3,(H,23,24). The molecule has 0 spiro atoms. The zero-order valence-electron chi connectivity index (χ0n) is 15.4. The number of aromatic nitrogens is 1. The second-order valence-corrected chi connectivity index (χ2v) is 7.12. The van der Waals surface area contributed by atoms with E-state index in [2.05, 4.69) is 15.2 Å². The van der Waals surface area contributed by atoms with Crippen LogP contribution in [0.15, 0.2) is 30.5 Å². The number of amides is 1. The van der Waals surface area contributed by atoms with E-state index in [0.717, 1.165) is 25.0 Å². The molecule has 0 atom stereocenters. The number of nitrogens with zero attached hydrogens (tertiary/aromatic N) is 3. The lowest BCUT2D eigenvalue weighted by Crippen LogP contribution is -2.50. The third kappa shape index (κ3) is 4.66. The summed E-state index contributed by atoms with van der Waals surface area (Å²) in [6.07, 6.45) is 2.64. The van der Waals surface area contributed by atoms with Gasteiger partial charge in [-0.05, 0) is 18.2 Å². The molecule has 7 nitrogen and oxygen atoms in total. The first-order valence-electron chi connectivity index (χ1n) is 8.78. The zero-order valence-corrected chi connectivity index (χ0v) is 16.9.